The second-order valence-corrected chi connectivity index (χ2v) is 4.98. The molecule has 2 aliphatic rings. The fourth-order valence-electron chi connectivity index (χ4n) is 2.17. The van der Waals surface area contributed by atoms with E-state index in [1.54, 1.807) is 0 Å². The first-order valence-electron chi connectivity index (χ1n) is 5.77. The van der Waals surface area contributed by atoms with Gasteiger partial charge in [-0.25, -0.2) is 0 Å². The number of likely N-dealkylation sites (N-methyl/N-ethyl adjacent to an activating group) is 1. The predicted octanol–water partition coefficient (Wildman–Crippen LogP) is 0.489. The monoisotopic (exact) mass is 212 g/mol. The third kappa shape index (κ3) is 2.49. The van der Waals surface area contributed by atoms with E-state index in [1.165, 1.54) is 0 Å². The second kappa shape index (κ2) is 4.10. The van der Waals surface area contributed by atoms with Crippen molar-refractivity contribution in [3.63, 3.8) is 0 Å². The van der Waals surface area contributed by atoms with E-state index in [4.69, 9.17) is 5.11 Å². The molecule has 1 N–H and O–H groups in total. The summed E-state index contributed by atoms with van der Waals surface area (Å²) in [4.78, 5) is 15.7. The van der Waals surface area contributed by atoms with Crippen LogP contribution in [0.2, 0.25) is 0 Å². The molecule has 0 aromatic rings. The van der Waals surface area contributed by atoms with Crippen molar-refractivity contribution in [1.82, 2.24) is 9.80 Å². The van der Waals surface area contributed by atoms with Gasteiger partial charge in [-0.3, -0.25) is 4.79 Å². The number of nitrogens with zero attached hydrogens (tertiary/aromatic N) is 2. The average Bonchev–Trinajstić information content (AvgIpc) is 2.98. The van der Waals surface area contributed by atoms with Crippen LogP contribution < -0.4 is 0 Å². The molecule has 2 rings (SSSR count). The Morgan fingerprint density at radius 1 is 1.27 bits per heavy atom. The van der Waals surface area contributed by atoms with Crippen LogP contribution >= 0.6 is 0 Å². The zero-order valence-electron chi connectivity index (χ0n) is 9.41. The highest BCUT2D eigenvalue weighted by Gasteiger charge is 2.49. The molecule has 0 atom stereocenters. The fraction of sp³-hybridized carbons (Fsp3) is 0.909. The van der Waals surface area contributed by atoms with Crippen molar-refractivity contribution >= 4 is 5.97 Å². The predicted molar refractivity (Wildman–Crippen MR) is 57.9 cm³/mol. The van der Waals surface area contributed by atoms with Crippen molar-refractivity contribution in [1.29, 1.82) is 0 Å². The van der Waals surface area contributed by atoms with Gasteiger partial charge in [-0.05, 0) is 32.9 Å². The van der Waals surface area contributed by atoms with Crippen molar-refractivity contribution in [2.45, 2.75) is 19.3 Å². The van der Waals surface area contributed by atoms with Gasteiger partial charge in [0.1, 0.15) is 0 Å². The summed E-state index contributed by atoms with van der Waals surface area (Å²) < 4.78 is 0. The van der Waals surface area contributed by atoms with Gasteiger partial charge in [-0.2, -0.15) is 0 Å². The van der Waals surface area contributed by atoms with Crippen LogP contribution in [0.4, 0.5) is 0 Å². The Bertz CT molecular complexity index is 243. The summed E-state index contributed by atoms with van der Waals surface area (Å²) in [6, 6.07) is 0. The Balaban J connectivity index is 1.72. The minimum atomic E-state index is -0.586. The number of carboxylic acid groups (broad SMARTS) is 1. The molecule has 4 nitrogen and oxygen atoms in total. The summed E-state index contributed by atoms with van der Waals surface area (Å²) >= 11 is 0. The quantitative estimate of drug-likeness (QED) is 0.736. The van der Waals surface area contributed by atoms with E-state index in [2.05, 4.69) is 16.8 Å². The fourth-order valence-corrected chi connectivity index (χ4v) is 2.17. The number of aliphatic carboxylic acids is 1. The first-order valence-corrected chi connectivity index (χ1v) is 5.77. The minimum Gasteiger partial charge on any atom is -0.481 e. The topological polar surface area (TPSA) is 43.8 Å². The number of carbonyl (C=O) groups is 1. The first kappa shape index (κ1) is 10.9. The maximum atomic E-state index is 11.0. The van der Waals surface area contributed by atoms with Crippen LogP contribution in [0.15, 0.2) is 0 Å². The van der Waals surface area contributed by atoms with Gasteiger partial charge in [0.15, 0.2) is 0 Å². The molecule has 86 valence electrons. The summed E-state index contributed by atoms with van der Waals surface area (Å²) in [5, 5.41) is 9.05. The largest absolute Gasteiger partial charge is 0.481 e. The van der Waals surface area contributed by atoms with Crippen molar-refractivity contribution in [3.05, 3.63) is 0 Å². The summed E-state index contributed by atoms with van der Waals surface area (Å²) in [6.45, 7) is 5.36. The van der Waals surface area contributed by atoms with Gasteiger partial charge < -0.3 is 14.9 Å². The van der Waals surface area contributed by atoms with E-state index in [0.717, 1.165) is 52.0 Å². The molecule has 0 amide bonds. The normalized spacial score (nSPS) is 26.5. The minimum absolute atomic E-state index is 0.344. The Hall–Kier alpha value is -0.610. The lowest BCUT2D eigenvalue weighted by molar-refractivity contribution is -0.143. The molecule has 0 unspecified atom stereocenters. The Kier molecular flexibility index (Phi) is 2.98. The zero-order chi connectivity index (χ0) is 10.9. The van der Waals surface area contributed by atoms with E-state index in [1.807, 2.05) is 0 Å². The number of hydrogen-bond donors (Lipinski definition) is 1. The summed E-state index contributed by atoms with van der Waals surface area (Å²) in [7, 11) is 2.14. The maximum absolute atomic E-state index is 11.0. The lowest BCUT2D eigenvalue weighted by Crippen LogP contribution is -2.45. The standard InChI is InChI=1S/C11H20N2O2/c1-12-6-8-13(9-7-12)5-4-11(2-3-11)10(14)15/h2-9H2,1H3,(H,14,15). The third-order valence-electron chi connectivity index (χ3n) is 3.81. The number of rotatable bonds is 4. The Morgan fingerprint density at radius 3 is 2.33 bits per heavy atom. The van der Waals surface area contributed by atoms with Crippen molar-refractivity contribution < 1.29 is 9.90 Å². The molecular formula is C11H20N2O2. The van der Waals surface area contributed by atoms with E-state index in [-0.39, 0.29) is 5.41 Å². The van der Waals surface area contributed by atoms with Crippen molar-refractivity contribution in [3.8, 4) is 0 Å². The van der Waals surface area contributed by atoms with Crippen molar-refractivity contribution in [2.75, 3.05) is 39.8 Å². The molecule has 0 spiro atoms. The zero-order valence-corrected chi connectivity index (χ0v) is 9.41. The molecule has 0 aromatic carbocycles. The molecule has 0 bridgehead atoms. The molecule has 2 fully saturated rings. The summed E-state index contributed by atoms with van der Waals surface area (Å²) in [6.07, 6.45) is 2.61. The van der Waals surface area contributed by atoms with Gasteiger partial charge >= 0.3 is 5.97 Å². The highest BCUT2D eigenvalue weighted by molar-refractivity contribution is 5.77. The molecule has 1 saturated carbocycles. The van der Waals surface area contributed by atoms with Crippen LogP contribution in [-0.4, -0.2) is 60.6 Å². The number of piperazine rings is 1. The lowest BCUT2D eigenvalue weighted by atomic mass is 10.0. The van der Waals surface area contributed by atoms with Gasteiger partial charge in [-0.15, -0.1) is 0 Å². The molecular weight excluding hydrogens is 192 g/mol. The van der Waals surface area contributed by atoms with Crippen LogP contribution in [0.1, 0.15) is 19.3 Å². The summed E-state index contributed by atoms with van der Waals surface area (Å²) in [5.41, 5.74) is -0.344. The molecule has 0 radical (unpaired) electrons. The van der Waals surface area contributed by atoms with Crippen LogP contribution in [0.3, 0.4) is 0 Å². The lowest BCUT2D eigenvalue weighted by Gasteiger charge is -2.32. The van der Waals surface area contributed by atoms with Gasteiger partial charge in [0.25, 0.3) is 0 Å². The molecule has 1 heterocycles. The third-order valence-corrected chi connectivity index (χ3v) is 3.81. The molecule has 1 aliphatic heterocycles. The van der Waals surface area contributed by atoms with Gasteiger partial charge in [0.05, 0.1) is 5.41 Å². The van der Waals surface area contributed by atoms with Crippen LogP contribution in [0.5, 0.6) is 0 Å². The number of carboxylic acids is 1. The smallest absolute Gasteiger partial charge is 0.309 e. The molecule has 1 saturated heterocycles. The van der Waals surface area contributed by atoms with Gasteiger partial charge in [0.2, 0.25) is 0 Å². The van der Waals surface area contributed by atoms with Crippen LogP contribution in [-0.2, 0) is 4.79 Å². The maximum Gasteiger partial charge on any atom is 0.309 e. The number of hydrogen-bond acceptors (Lipinski definition) is 3. The van der Waals surface area contributed by atoms with E-state index < -0.39 is 5.97 Å². The highest BCUT2D eigenvalue weighted by atomic mass is 16.4. The van der Waals surface area contributed by atoms with Crippen molar-refractivity contribution in [2.24, 2.45) is 5.41 Å². The van der Waals surface area contributed by atoms with Gasteiger partial charge in [-0.1, -0.05) is 0 Å². The van der Waals surface area contributed by atoms with E-state index in [9.17, 15) is 4.79 Å². The molecule has 0 aromatic heterocycles. The summed E-state index contributed by atoms with van der Waals surface area (Å²) in [5.74, 6) is -0.586. The molecule has 4 heteroatoms. The van der Waals surface area contributed by atoms with E-state index in [0.29, 0.717) is 0 Å². The van der Waals surface area contributed by atoms with E-state index >= 15 is 0 Å². The average molecular weight is 212 g/mol. The van der Waals surface area contributed by atoms with Crippen LogP contribution in [0.25, 0.3) is 0 Å². The Morgan fingerprint density at radius 2 is 1.87 bits per heavy atom. The van der Waals surface area contributed by atoms with Gasteiger partial charge in [0, 0.05) is 26.2 Å². The molecule has 1 aliphatic carbocycles. The first-order chi connectivity index (χ1) is 7.12. The second-order valence-electron chi connectivity index (χ2n) is 4.98. The van der Waals surface area contributed by atoms with Crippen LogP contribution in [0, 0.1) is 5.41 Å². The highest BCUT2D eigenvalue weighted by Crippen LogP contribution is 2.49. The Labute approximate surface area is 90.9 Å². The SMILES string of the molecule is CN1CCN(CCC2(C(=O)O)CC2)CC1. The molecule has 15 heavy (non-hydrogen) atoms.